The van der Waals surface area contributed by atoms with Crippen LogP contribution in [0.2, 0.25) is 0 Å². The zero-order valence-electron chi connectivity index (χ0n) is 16.0. The summed E-state index contributed by atoms with van der Waals surface area (Å²) in [6.45, 7) is 0.255. The predicted octanol–water partition coefficient (Wildman–Crippen LogP) is -0.357. The second kappa shape index (κ2) is 9.40. The van der Waals surface area contributed by atoms with E-state index in [0.29, 0.717) is 33.1 Å². The van der Waals surface area contributed by atoms with E-state index in [4.69, 9.17) is 28.3 Å². The summed E-state index contributed by atoms with van der Waals surface area (Å²) in [7, 11) is -0.182. The van der Waals surface area contributed by atoms with E-state index in [0.717, 1.165) is 23.3 Å². The van der Waals surface area contributed by atoms with Crippen LogP contribution in [0.5, 0.6) is 0 Å². The van der Waals surface area contributed by atoms with Crippen molar-refractivity contribution in [3.05, 3.63) is 41.7 Å². The molecule has 14 heteroatoms. The van der Waals surface area contributed by atoms with E-state index in [1.165, 1.54) is 4.31 Å². The zero-order valence-corrected chi connectivity index (χ0v) is 17.6. The van der Waals surface area contributed by atoms with Crippen molar-refractivity contribution in [2.45, 2.75) is 11.4 Å². The first-order valence-electron chi connectivity index (χ1n) is 8.50. The molecule has 0 fully saturated rings. The number of hydrazone groups is 1. The third-order valence-electron chi connectivity index (χ3n) is 4.31. The van der Waals surface area contributed by atoms with Crippen LogP contribution in [-0.2, 0) is 21.8 Å². The first-order chi connectivity index (χ1) is 14.4. The minimum absolute atomic E-state index is 0.0332. The van der Waals surface area contributed by atoms with Gasteiger partial charge in [0.2, 0.25) is 0 Å². The van der Waals surface area contributed by atoms with Crippen molar-refractivity contribution in [2.75, 3.05) is 11.4 Å². The van der Waals surface area contributed by atoms with E-state index in [1.54, 1.807) is 19.2 Å². The lowest BCUT2D eigenvalue weighted by Gasteiger charge is -2.24. The Bertz CT molecular complexity index is 1120. The summed E-state index contributed by atoms with van der Waals surface area (Å²) in [6.07, 6.45) is 0. The number of hydrogen-bond acceptors (Lipinski definition) is 10. The van der Waals surface area contributed by atoms with Crippen molar-refractivity contribution in [3.63, 3.8) is 0 Å². The number of hydrogen-bond donors (Lipinski definition) is 7. The van der Waals surface area contributed by atoms with Gasteiger partial charge in [-0.2, -0.15) is 0 Å². The van der Waals surface area contributed by atoms with Crippen LogP contribution in [0.25, 0.3) is 22.2 Å². The predicted molar refractivity (Wildman–Crippen MR) is 119 cm³/mol. The second-order valence-electron chi connectivity index (χ2n) is 6.02. The summed E-state index contributed by atoms with van der Waals surface area (Å²) < 4.78 is 18.4. The normalized spacial score (nSPS) is 12.9. The molecule has 0 saturated heterocycles. The van der Waals surface area contributed by atoms with Crippen LogP contribution in [0, 0.1) is 0 Å². The number of imidazole rings is 1. The third-order valence-corrected chi connectivity index (χ3v) is 5.57. The van der Waals surface area contributed by atoms with Crippen LogP contribution in [0.1, 0.15) is 11.4 Å². The largest absolute Gasteiger partial charge is 0.382 e. The van der Waals surface area contributed by atoms with Gasteiger partial charge < -0.3 is 16.5 Å². The van der Waals surface area contributed by atoms with Crippen molar-refractivity contribution < 1.29 is 8.49 Å². The summed E-state index contributed by atoms with van der Waals surface area (Å²) in [5.41, 5.74) is 17.8. The number of rotatable bonds is 8. The van der Waals surface area contributed by atoms with E-state index in [9.17, 15) is 4.21 Å². The number of nitrogens with one attached hydrogen (secondary N) is 2. The summed E-state index contributed by atoms with van der Waals surface area (Å²) in [5.74, 6) is 11.2. The minimum Gasteiger partial charge on any atom is -0.382 e. The maximum absolute atomic E-state index is 12.2. The molecule has 0 spiro atoms. The molecule has 1 unspecified atom stereocenters. The van der Waals surface area contributed by atoms with Gasteiger partial charge in [0, 0.05) is 12.6 Å². The van der Waals surface area contributed by atoms with Gasteiger partial charge in [-0.1, -0.05) is 18.2 Å². The van der Waals surface area contributed by atoms with Crippen LogP contribution < -0.4 is 38.2 Å². The molecule has 0 saturated carbocycles. The molecule has 3 aromatic rings. The highest BCUT2D eigenvalue weighted by molar-refractivity contribution is 7.96. The molecular formula is C16H22N10O2S2. The number of amidine groups is 1. The van der Waals surface area contributed by atoms with Gasteiger partial charge in [0.1, 0.15) is 29.0 Å². The van der Waals surface area contributed by atoms with Gasteiger partial charge >= 0.3 is 0 Å². The summed E-state index contributed by atoms with van der Waals surface area (Å²) in [6, 6.07) is 9.00. The molecule has 0 aliphatic carbocycles. The molecule has 0 bridgehead atoms. The Balaban J connectivity index is 2.41. The fourth-order valence-electron chi connectivity index (χ4n) is 3.16. The summed E-state index contributed by atoms with van der Waals surface area (Å²) in [4.78, 5) is 8.04. The Morgan fingerprint density at radius 3 is 2.77 bits per heavy atom. The first kappa shape index (κ1) is 22.0. The Hall–Kier alpha value is -2.72. The lowest BCUT2D eigenvalue weighted by molar-refractivity contribution is 0.397. The number of para-hydroxylation sites is 1. The van der Waals surface area contributed by atoms with Crippen LogP contribution >= 0.6 is 12.2 Å². The van der Waals surface area contributed by atoms with Gasteiger partial charge in [-0.25, -0.2) is 35.9 Å². The van der Waals surface area contributed by atoms with Crippen LogP contribution in [0.4, 0.5) is 5.69 Å². The Labute approximate surface area is 179 Å². The van der Waals surface area contributed by atoms with Crippen molar-refractivity contribution in [2.24, 2.45) is 33.4 Å². The second-order valence-corrected chi connectivity index (χ2v) is 7.94. The standard InChI is InChI=1S/C16H22N10O2S2/c1-26(29-28-20)15-11(30(21)27)6-5-8(13(15)16(18)24-25-19)9-3-2-4-10-14(9)23-12(7-17)22-10/h2-6,25H,7,17,19-21H2,1H3,(H2,18,24)(H,22,23). The van der Waals surface area contributed by atoms with Crippen LogP contribution in [0.3, 0.4) is 0 Å². The van der Waals surface area contributed by atoms with Crippen molar-refractivity contribution in [1.82, 2.24) is 15.5 Å². The molecule has 12 N–H and O–H groups in total. The smallest absolute Gasteiger partial charge is 0.154 e. The average Bonchev–Trinajstić information content (AvgIpc) is 3.16. The molecule has 3 rings (SSSR count). The summed E-state index contributed by atoms with van der Waals surface area (Å²) >= 11 is 0.801. The number of fused-ring (bicyclic) bond motifs is 1. The number of aromatic nitrogens is 2. The van der Waals surface area contributed by atoms with Gasteiger partial charge in [0.15, 0.2) is 5.84 Å². The minimum atomic E-state index is -1.84. The van der Waals surface area contributed by atoms with E-state index >= 15 is 0 Å². The number of H-pyrrole nitrogens is 1. The molecule has 1 atom stereocenters. The van der Waals surface area contributed by atoms with E-state index in [-0.39, 0.29) is 12.4 Å². The number of anilines is 1. The van der Waals surface area contributed by atoms with Gasteiger partial charge in [-0.15, -0.1) is 5.10 Å². The van der Waals surface area contributed by atoms with E-state index in [2.05, 4.69) is 24.9 Å². The topological polar surface area (TPSA) is 213 Å². The Morgan fingerprint density at radius 2 is 2.13 bits per heavy atom. The highest BCUT2D eigenvalue weighted by atomic mass is 32.2. The lowest BCUT2D eigenvalue weighted by Crippen LogP contribution is -2.27. The van der Waals surface area contributed by atoms with Gasteiger partial charge in [-0.3, -0.25) is 4.31 Å². The molecule has 12 nitrogen and oxygen atoms in total. The molecule has 1 heterocycles. The lowest BCUT2D eigenvalue weighted by atomic mass is 9.96. The zero-order chi connectivity index (χ0) is 21.8. The Morgan fingerprint density at radius 1 is 1.37 bits per heavy atom. The summed E-state index contributed by atoms with van der Waals surface area (Å²) in [5, 5.41) is 9.62. The fraction of sp³-hybridized carbons (Fsp3) is 0.125. The molecule has 0 amide bonds. The number of nitrogens with zero attached hydrogens (tertiary/aromatic N) is 3. The highest BCUT2D eigenvalue weighted by Gasteiger charge is 2.25. The van der Waals surface area contributed by atoms with Crippen LogP contribution in [0.15, 0.2) is 40.3 Å². The number of hydrazine groups is 1. The molecule has 0 aliphatic heterocycles. The van der Waals surface area contributed by atoms with Crippen molar-refractivity contribution in [1.29, 1.82) is 0 Å². The van der Waals surface area contributed by atoms with Gasteiger partial charge in [0.05, 0.1) is 33.7 Å². The molecule has 0 radical (unpaired) electrons. The molecule has 160 valence electrons. The monoisotopic (exact) mass is 450 g/mol. The number of benzene rings is 2. The van der Waals surface area contributed by atoms with E-state index < -0.39 is 11.0 Å². The molecular weight excluding hydrogens is 428 g/mol. The third kappa shape index (κ3) is 4.10. The SMILES string of the molecule is CN(SON)c1c(S(N)=O)ccc(-c2cccc3[nH]c(CN)nc23)c1/C(N)=N/NN. The average molecular weight is 451 g/mol. The highest BCUT2D eigenvalue weighted by Crippen LogP contribution is 2.39. The quantitative estimate of drug-likeness (QED) is 0.0591. The first-order valence-corrected chi connectivity index (χ1v) is 10.4. The molecule has 1 aromatic heterocycles. The van der Waals surface area contributed by atoms with Gasteiger partial charge in [0.25, 0.3) is 0 Å². The number of aromatic amines is 1. The maximum atomic E-state index is 12.2. The van der Waals surface area contributed by atoms with Gasteiger partial charge in [-0.05, 0) is 17.7 Å². The molecule has 30 heavy (non-hydrogen) atoms. The number of nitrogens with two attached hydrogens (primary N) is 5. The fourth-order valence-corrected chi connectivity index (χ4v) is 4.24. The van der Waals surface area contributed by atoms with Crippen molar-refractivity contribution in [3.8, 4) is 11.1 Å². The Kier molecular flexibility index (Phi) is 6.88. The van der Waals surface area contributed by atoms with Crippen LogP contribution in [-0.4, -0.2) is 27.1 Å². The molecule has 2 aromatic carbocycles. The molecule has 0 aliphatic rings. The van der Waals surface area contributed by atoms with Crippen molar-refractivity contribution >= 4 is 45.8 Å². The van der Waals surface area contributed by atoms with E-state index in [1.807, 2.05) is 18.2 Å². The maximum Gasteiger partial charge on any atom is 0.154 e.